The molecule has 14 heavy (non-hydrogen) atoms. The number of hydrogen-bond acceptors (Lipinski definition) is 1. The van der Waals surface area contributed by atoms with Crippen molar-refractivity contribution in [1.29, 1.82) is 0 Å². The molecule has 1 aromatic rings. The molecular formula is C12H18O2. The van der Waals surface area contributed by atoms with Crippen molar-refractivity contribution in [2.24, 2.45) is 5.92 Å². The Balaban J connectivity index is 0.000000249. The third kappa shape index (κ3) is 7.35. The largest absolute Gasteiger partial charge is 0.481 e. The van der Waals surface area contributed by atoms with Gasteiger partial charge in [-0.1, -0.05) is 56.7 Å². The Hall–Kier alpha value is -1.31. The van der Waals surface area contributed by atoms with Crippen molar-refractivity contribution in [2.75, 3.05) is 0 Å². The van der Waals surface area contributed by atoms with Gasteiger partial charge >= 0.3 is 5.97 Å². The molecule has 0 bridgehead atoms. The molecule has 0 saturated heterocycles. The lowest BCUT2D eigenvalue weighted by molar-refractivity contribution is -0.141. The van der Waals surface area contributed by atoms with Crippen LogP contribution in [0, 0.1) is 5.92 Å². The van der Waals surface area contributed by atoms with E-state index in [1.807, 2.05) is 43.3 Å². The molecule has 1 N–H and O–H groups in total. The first-order valence-corrected chi connectivity index (χ1v) is 4.91. The zero-order chi connectivity index (χ0) is 10.8. The molecule has 0 amide bonds. The van der Waals surface area contributed by atoms with E-state index in [1.54, 1.807) is 6.92 Å². The number of hydrogen-bond donors (Lipinski definition) is 1. The molecule has 0 saturated carbocycles. The summed E-state index contributed by atoms with van der Waals surface area (Å²) in [6.07, 6.45) is 1.74. The maximum Gasteiger partial charge on any atom is 0.306 e. The maximum atomic E-state index is 10.1. The highest BCUT2D eigenvalue weighted by atomic mass is 16.4. The van der Waals surface area contributed by atoms with Gasteiger partial charge in [0.15, 0.2) is 0 Å². The predicted molar refractivity (Wildman–Crippen MR) is 58.1 cm³/mol. The molecule has 2 heteroatoms. The van der Waals surface area contributed by atoms with E-state index >= 15 is 0 Å². The number of aliphatic carboxylic acids is 1. The van der Waals surface area contributed by atoms with E-state index in [0.717, 1.165) is 12.8 Å². The van der Waals surface area contributed by atoms with E-state index in [1.165, 1.54) is 0 Å². The van der Waals surface area contributed by atoms with Gasteiger partial charge in [-0.3, -0.25) is 4.79 Å². The Labute approximate surface area is 85.6 Å². The first kappa shape index (κ1) is 12.7. The average Bonchev–Trinajstić information content (AvgIpc) is 2.21. The van der Waals surface area contributed by atoms with Crippen LogP contribution in [0.3, 0.4) is 0 Å². The summed E-state index contributed by atoms with van der Waals surface area (Å²) < 4.78 is 0. The summed E-state index contributed by atoms with van der Waals surface area (Å²) in [5, 5.41) is 8.31. The first-order chi connectivity index (χ1) is 6.68. The minimum atomic E-state index is -0.688. The number of carboxylic acids is 1. The fourth-order valence-electron chi connectivity index (χ4n) is 0.941. The van der Waals surface area contributed by atoms with Crippen molar-refractivity contribution in [3.05, 3.63) is 36.4 Å². The number of carbonyl (C=O) groups is 1. The Morgan fingerprint density at radius 1 is 1.14 bits per heavy atom. The van der Waals surface area contributed by atoms with E-state index in [0.29, 0.717) is 0 Å². The van der Waals surface area contributed by atoms with Gasteiger partial charge in [-0.2, -0.15) is 0 Å². The van der Waals surface area contributed by atoms with Crippen molar-refractivity contribution < 1.29 is 9.90 Å². The number of rotatable bonds is 3. The quantitative estimate of drug-likeness (QED) is 0.802. The van der Waals surface area contributed by atoms with Crippen LogP contribution in [0.2, 0.25) is 0 Å². The maximum absolute atomic E-state index is 10.1. The molecule has 0 spiro atoms. The lowest BCUT2D eigenvalue weighted by atomic mass is 10.1. The van der Waals surface area contributed by atoms with Crippen LogP contribution < -0.4 is 0 Å². The van der Waals surface area contributed by atoms with Crippen LogP contribution in [0.25, 0.3) is 0 Å². The summed E-state index contributed by atoms with van der Waals surface area (Å²) in [5.41, 5.74) is 0. The summed E-state index contributed by atoms with van der Waals surface area (Å²) in [6.45, 7) is 3.71. The van der Waals surface area contributed by atoms with Crippen molar-refractivity contribution in [1.82, 2.24) is 0 Å². The molecule has 0 aliphatic carbocycles. The van der Waals surface area contributed by atoms with Crippen molar-refractivity contribution >= 4 is 5.97 Å². The Bertz CT molecular complexity index is 205. The van der Waals surface area contributed by atoms with Gasteiger partial charge in [-0.25, -0.2) is 0 Å². The van der Waals surface area contributed by atoms with E-state index in [9.17, 15) is 4.79 Å². The summed E-state index contributed by atoms with van der Waals surface area (Å²) >= 11 is 0. The highest BCUT2D eigenvalue weighted by Gasteiger charge is 2.07. The van der Waals surface area contributed by atoms with Crippen molar-refractivity contribution in [3.8, 4) is 0 Å². The van der Waals surface area contributed by atoms with Gasteiger partial charge < -0.3 is 5.11 Å². The molecule has 0 aliphatic heterocycles. The van der Waals surface area contributed by atoms with Crippen molar-refractivity contribution in [3.63, 3.8) is 0 Å². The Morgan fingerprint density at radius 2 is 1.50 bits per heavy atom. The zero-order valence-corrected chi connectivity index (χ0v) is 8.81. The normalized spacial score (nSPS) is 11.0. The predicted octanol–water partition coefficient (Wildman–Crippen LogP) is 3.19. The number of benzene rings is 1. The third-order valence-electron chi connectivity index (χ3n) is 1.81. The standard InChI is InChI=1S/C6H12O2.C6H6/c1-3-4-5(2)6(7)8;1-2-4-6-5-3-1/h5H,3-4H2,1-2H3,(H,7,8);1-6H. The molecule has 0 aromatic heterocycles. The average molecular weight is 194 g/mol. The summed E-state index contributed by atoms with van der Waals surface area (Å²) in [5.74, 6) is -0.855. The van der Waals surface area contributed by atoms with Crippen LogP contribution in [0.15, 0.2) is 36.4 Å². The molecule has 1 atom stereocenters. The van der Waals surface area contributed by atoms with Crippen LogP contribution in [-0.4, -0.2) is 11.1 Å². The Morgan fingerprint density at radius 3 is 1.64 bits per heavy atom. The monoisotopic (exact) mass is 194 g/mol. The minimum absolute atomic E-state index is 0.167. The van der Waals surface area contributed by atoms with Crippen LogP contribution in [0.5, 0.6) is 0 Å². The second-order valence-electron chi connectivity index (χ2n) is 3.18. The van der Waals surface area contributed by atoms with Gasteiger partial charge in [0.25, 0.3) is 0 Å². The lowest BCUT2D eigenvalue weighted by Crippen LogP contribution is -2.08. The molecular weight excluding hydrogens is 176 g/mol. The summed E-state index contributed by atoms with van der Waals surface area (Å²) in [4.78, 5) is 10.1. The molecule has 0 fully saturated rings. The van der Waals surface area contributed by atoms with Gasteiger partial charge in [0, 0.05) is 0 Å². The fraction of sp³-hybridized carbons (Fsp3) is 0.417. The van der Waals surface area contributed by atoms with Gasteiger partial charge in [-0.15, -0.1) is 0 Å². The Kier molecular flexibility index (Phi) is 7.52. The van der Waals surface area contributed by atoms with Crippen LogP contribution >= 0.6 is 0 Å². The molecule has 2 nitrogen and oxygen atoms in total. The van der Waals surface area contributed by atoms with Crippen molar-refractivity contribution in [2.45, 2.75) is 26.7 Å². The van der Waals surface area contributed by atoms with Gasteiger partial charge in [0.05, 0.1) is 5.92 Å². The van der Waals surface area contributed by atoms with Gasteiger partial charge in [0.2, 0.25) is 0 Å². The van der Waals surface area contributed by atoms with Gasteiger partial charge in [-0.05, 0) is 6.42 Å². The third-order valence-corrected chi connectivity index (χ3v) is 1.81. The van der Waals surface area contributed by atoms with E-state index in [2.05, 4.69) is 0 Å². The van der Waals surface area contributed by atoms with E-state index < -0.39 is 5.97 Å². The molecule has 0 aliphatic rings. The second kappa shape index (κ2) is 8.30. The topological polar surface area (TPSA) is 37.3 Å². The van der Waals surface area contributed by atoms with Crippen LogP contribution in [0.4, 0.5) is 0 Å². The minimum Gasteiger partial charge on any atom is -0.481 e. The smallest absolute Gasteiger partial charge is 0.306 e. The highest BCUT2D eigenvalue weighted by Crippen LogP contribution is 2.03. The van der Waals surface area contributed by atoms with Crippen LogP contribution in [0.1, 0.15) is 26.7 Å². The van der Waals surface area contributed by atoms with E-state index in [4.69, 9.17) is 5.11 Å². The second-order valence-corrected chi connectivity index (χ2v) is 3.18. The fourth-order valence-corrected chi connectivity index (χ4v) is 0.941. The molecule has 1 rings (SSSR count). The molecule has 78 valence electrons. The highest BCUT2D eigenvalue weighted by molar-refractivity contribution is 5.69. The number of carboxylic acid groups (broad SMARTS) is 1. The van der Waals surface area contributed by atoms with Crippen LogP contribution in [-0.2, 0) is 4.79 Å². The summed E-state index contributed by atoms with van der Waals surface area (Å²) in [6, 6.07) is 12.0. The molecule has 0 heterocycles. The summed E-state index contributed by atoms with van der Waals surface area (Å²) in [7, 11) is 0. The van der Waals surface area contributed by atoms with Gasteiger partial charge in [0.1, 0.15) is 0 Å². The molecule has 0 radical (unpaired) electrons. The SMILES string of the molecule is CCCC(C)C(=O)O.c1ccccc1. The zero-order valence-electron chi connectivity index (χ0n) is 8.81. The van der Waals surface area contributed by atoms with E-state index in [-0.39, 0.29) is 5.92 Å². The lowest BCUT2D eigenvalue weighted by Gasteiger charge is -2.00. The first-order valence-electron chi connectivity index (χ1n) is 4.91. The molecule has 1 unspecified atom stereocenters. The molecule has 1 aromatic carbocycles.